The van der Waals surface area contributed by atoms with Crippen LogP contribution in [0, 0.1) is 0 Å². The molecular weight excluding hydrogens is 336 g/mol. The van der Waals surface area contributed by atoms with Crippen molar-refractivity contribution in [3.8, 4) is 0 Å². The second kappa shape index (κ2) is 6.37. The summed E-state index contributed by atoms with van der Waals surface area (Å²) in [5.74, 6) is 0.0694. The van der Waals surface area contributed by atoms with E-state index in [4.69, 9.17) is 0 Å². The summed E-state index contributed by atoms with van der Waals surface area (Å²) < 4.78 is 26.9. The predicted molar refractivity (Wildman–Crippen MR) is 94.4 cm³/mol. The largest absolute Gasteiger partial charge is 0.593 e. The molecule has 0 aliphatic carbocycles. The van der Waals surface area contributed by atoms with Gasteiger partial charge in [-0.2, -0.15) is 0 Å². The van der Waals surface area contributed by atoms with Gasteiger partial charge in [0.2, 0.25) is 0 Å². The highest BCUT2D eigenvalue weighted by molar-refractivity contribution is 7.95. The predicted octanol–water partition coefficient (Wildman–Crippen LogP) is 2.71. The lowest BCUT2D eigenvalue weighted by Crippen LogP contribution is -2.48. The number of hydrogen-bond donors (Lipinski definition) is 0. The van der Waals surface area contributed by atoms with Crippen LogP contribution in [0.1, 0.15) is 28.8 Å². The molecular formula is C19H20N2O3S. The van der Waals surface area contributed by atoms with Gasteiger partial charge in [-0.15, -0.1) is 4.31 Å². The maximum Gasteiger partial charge on any atom is 0.254 e. The quantitative estimate of drug-likeness (QED) is 0.795. The normalized spacial score (nSPS) is 21.2. The number of carbonyl (C=O) groups is 1. The third-order valence-electron chi connectivity index (χ3n) is 5.09. The minimum atomic E-state index is -3.45. The number of benzene rings is 2. The van der Waals surface area contributed by atoms with Crippen LogP contribution in [-0.4, -0.2) is 38.8 Å². The fraction of sp³-hybridized carbons (Fsp3) is 0.316. The third-order valence-corrected chi connectivity index (χ3v) is 7.01. The Bertz CT molecular complexity index is 832. The molecule has 6 heteroatoms. The molecule has 0 saturated carbocycles. The first-order valence-electron chi connectivity index (χ1n) is 8.51. The summed E-state index contributed by atoms with van der Waals surface area (Å²) in [6.45, 7) is 1.52. The van der Waals surface area contributed by atoms with E-state index < -0.39 is 10.4 Å². The van der Waals surface area contributed by atoms with Crippen molar-refractivity contribution in [1.82, 2.24) is 9.21 Å². The smallest absolute Gasteiger partial charge is 0.254 e. The fourth-order valence-electron chi connectivity index (χ4n) is 3.71. The SMILES string of the molecule is O=C1c2ccccc2CN1C1CCN([S+](=O)([O-])c2ccccc2)CC1. The van der Waals surface area contributed by atoms with Gasteiger partial charge in [0.1, 0.15) is 0 Å². The Morgan fingerprint density at radius 2 is 1.60 bits per heavy atom. The summed E-state index contributed by atoms with van der Waals surface area (Å²) in [6.07, 6.45) is 1.34. The Kier molecular flexibility index (Phi) is 4.19. The van der Waals surface area contributed by atoms with Crippen molar-refractivity contribution < 1.29 is 13.6 Å². The molecule has 0 bridgehead atoms. The van der Waals surface area contributed by atoms with Crippen molar-refractivity contribution in [1.29, 1.82) is 0 Å². The van der Waals surface area contributed by atoms with Gasteiger partial charge in [-0.1, -0.05) is 40.6 Å². The molecule has 0 spiro atoms. The lowest BCUT2D eigenvalue weighted by molar-refractivity contribution is 0.0640. The van der Waals surface area contributed by atoms with Crippen molar-refractivity contribution in [2.24, 2.45) is 0 Å². The van der Waals surface area contributed by atoms with Crippen LogP contribution < -0.4 is 0 Å². The van der Waals surface area contributed by atoms with Gasteiger partial charge < -0.3 is 9.45 Å². The van der Waals surface area contributed by atoms with Crippen LogP contribution in [0.3, 0.4) is 0 Å². The second-order valence-electron chi connectivity index (χ2n) is 6.54. The van der Waals surface area contributed by atoms with Gasteiger partial charge in [0.25, 0.3) is 5.91 Å². The van der Waals surface area contributed by atoms with Crippen LogP contribution in [-0.2, 0) is 21.2 Å². The van der Waals surface area contributed by atoms with Crippen LogP contribution in [0.5, 0.6) is 0 Å². The molecule has 1 atom stereocenters. The van der Waals surface area contributed by atoms with E-state index in [2.05, 4.69) is 0 Å². The Balaban J connectivity index is 1.44. The molecule has 2 aliphatic heterocycles. The van der Waals surface area contributed by atoms with Crippen molar-refractivity contribution >= 4 is 16.3 Å². The monoisotopic (exact) mass is 356 g/mol. The maximum absolute atomic E-state index is 12.7. The standard InChI is InChI=1S/C19H20N2O3S/c22-19-18-9-5-4-6-15(18)14-21(19)16-10-12-20(13-11-16)25(23,24)17-7-2-1-3-8-17/h1-9,16H,10-14H2. The van der Waals surface area contributed by atoms with Crippen molar-refractivity contribution in [3.63, 3.8) is 0 Å². The van der Waals surface area contributed by atoms with E-state index in [0.717, 1.165) is 11.1 Å². The number of amides is 1. The van der Waals surface area contributed by atoms with E-state index in [1.807, 2.05) is 35.2 Å². The summed E-state index contributed by atoms with van der Waals surface area (Å²) in [5, 5.41) is 0. The first-order chi connectivity index (χ1) is 12.1. The van der Waals surface area contributed by atoms with Crippen LogP contribution in [0.25, 0.3) is 0 Å². The average molecular weight is 356 g/mol. The minimum Gasteiger partial charge on any atom is -0.593 e. The minimum absolute atomic E-state index is 0.0694. The number of carbonyl (C=O) groups excluding carboxylic acids is 1. The van der Waals surface area contributed by atoms with Crippen LogP contribution >= 0.6 is 0 Å². The highest BCUT2D eigenvalue weighted by Crippen LogP contribution is 2.31. The molecule has 2 aliphatic rings. The van der Waals surface area contributed by atoms with Crippen LogP contribution in [0.2, 0.25) is 0 Å². The van der Waals surface area contributed by atoms with E-state index in [9.17, 15) is 13.6 Å². The highest BCUT2D eigenvalue weighted by atomic mass is 32.3. The summed E-state index contributed by atoms with van der Waals surface area (Å²) in [5.41, 5.74) is 1.84. The molecule has 4 rings (SSSR count). The molecule has 2 aromatic rings. The van der Waals surface area contributed by atoms with E-state index in [-0.39, 0.29) is 11.9 Å². The molecule has 1 amide bonds. The zero-order chi connectivity index (χ0) is 17.4. The topological polar surface area (TPSA) is 63.7 Å². The summed E-state index contributed by atoms with van der Waals surface area (Å²) in [6, 6.07) is 16.3. The molecule has 1 fully saturated rings. The van der Waals surface area contributed by atoms with E-state index in [0.29, 0.717) is 37.4 Å². The van der Waals surface area contributed by atoms with Gasteiger partial charge in [0.15, 0.2) is 15.3 Å². The van der Waals surface area contributed by atoms with Gasteiger partial charge in [0, 0.05) is 31.2 Å². The zero-order valence-electron chi connectivity index (χ0n) is 13.8. The number of rotatable bonds is 3. The summed E-state index contributed by atoms with van der Waals surface area (Å²) >= 11 is 0. The van der Waals surface area contributed by atoms with Gasteiger partial charge in [0.05, 0.1) is 0 Å². The molecule has 1 saturated heterocycles. The van der Waals surface area contributed by atoms with Crippen molar-refractivity contribution in [2.75, 3.05) is 13.1 Å². The van der Waals surface area contributed by atoms with Crippen molar-refractivity contribution in [2.45, 2.75) is 30.3 Å². The third kappa shape index (κ3) is 2.90. The van der Waals surface area contributed by atoms with E-state index >= 15 is 0 Å². The molecule has 130 valence electrons. The Morgan fingerprint density at radius 1 is 0.960 bits per heavy atom. The maximum atomic E-state index is 12.7. The number of piperidine rings is 1. The Labute approximate surface area is 148 Å². The van der Waals surface area contributed by atoms with Gasteiger partial charge in [-0.05, 0) is 36.6 Å². The summed E-state index contributed by atoms with van der Waals surface area (Å²) in [4.78, 5) is 14.8. The molecule has 0 N–H and O–H groups in total. The highest BCUT2D eigenvalue weighted by Gasteiger charge is 2.38. The first kappa shape index (κ1) is 16.4. The van der Waals surface area contributed by atoms with E-state index in [1.165, 1.54) is 4.31 Å². The molecule has 0 radical (unpaired) electrons. The average Bonchev–Trinajstić information content (AvgIpc) is 3.00. The number of fused-ring (bicyclic) bond motifs is 1. The van der Waals surface area contributed by atoms with Gasteiger partial charge >= 0.3 is 0 Å². The van der Waals surface area contributed by atoms with Gasteiger partial charge in [-0.3, -0.25) is 4.79 Å². The van der Waals surface area contributed by atoms with E-state index in [1.54, 1.807) is 24.3 Å². The number of nitrogens with zero attached hydrogens (tertiary/aromatic N) is 2. The first-order valence-corrected chi connectivity index (χ1v) is 9.95. The molecule has 2 heterocycles. The second-order valence-corrected chi connectivity index (χ2v) is 8.48. The Morgan fingerprint density at radius 3 is 2.28 bits per heavy atom. The summed E-state index contributed by atoms with van der Waals surface area (Å²) in [7, 11) is -3.45. The zero-order valence-corrected chi connectivity index (χ0v) is 14.7. The molecule has 2 aromatic carbocycles. The fourth-order valence-corrected chi connectivity index (χ4v) is 5.20. The van der Waals surface area contributed by atoms with Crippen LogP contribution in [0.4, 0.5) is 0 Å². The molecule has 0 aromatic heterocycles. The Hall–Kier alpha value is -2.02. The van der Waals surface area contributed by atoms with Crippen LogP contribution in [0.15, 0.2) is 59.5 Å². The van der Waals surface area contributed by atoms with Gasteiger partial charge in [-0.25, -0.2) is 0 Å². The molecule has 25 heavy (non-hydrogen) atoms. The molecule has 5 nitrogen and oxygen atoms in total. The number of hydrogen-bond acceptors (Lipinski definition) is 3. The lowest BCUT2D eigenvalue weighted by Gasteiger charge is -2.37. The lowest BCUT2D eigenvalue weighted by atomic mass is 10.1. The number of sulfonamides is 1. The van der Waals surface area contributed by atoms with Crippen molar-refractivity contribution in [3.05, 3.63) is 65.7 Å². The molecule has 1 unspecified atom stereocenters.